The van der Waals surface area contributed by atoms with Crippen LogP contribution in [0.25, 0.3) is 0 Å². The summed E-state index contributed by atoms with van der Waals surface area (Å²) in [5, 5.41) is 9.49. The van der Waals surface area contributed by atoms with E-state index < -0.39 is 0 Å². The van der Waals surface area contributed by atoms with Gasteiger partial charge in [0.1, 0.15) is 0 Å². The van der Waals surface area contributed by atoms with Crippen molar-refractivity contribution in [3.8, 4) is 0 Å². The number of hydrogen-bond donors (Lipinski definition) is 1. The van der Waals surface area contributed by atoms with Crippen LogP contribution < -0.4 is 9.80 Å². The first-order valence-electron chi connectivity index (χ1n) is 7.25. The molecular weight excluding hydrogens is 294 g/mol. The molecule has 1 aliphatic heterocycles. The molecule has 2 rings (SSSR count). The molecule has 1 aromatic heterocycles. The van der Waals surface area contributed by atoms with Crippen LogP contribution in [0, 0.1) is 0 Å². The molecule has 1 fully saturated rings. The molecule has 1 aromatic rings. The fourth-order valence-corrected chi connectivity index (χ4v) is 2.58. The summed E-state index contributed by atoms with van der Waals surface area (Å²) in [4.78, 5) is 16.9. The minimum Gasteiger partial charge on any atom is -0.394 e. The average Bonchev–Trinajstić information content (AvgIpc) is 2.47. The summed E-state index contributed by atoms with van der Waals surface area (Å²) < 4.78 is 5.63. The molecule has 8 heteroatoms. The molecule has 7 nitrogen and oxygen atoms in total. The summed E-state index contributed by atoms with van der Waals surface area (Å²) in [6, 6.07) is 0. The number of nitrogens with zero attached hydrogens (tertiary/aromatic N) is 5. The Labute approximate surface area is 129 Å². The van der Waals surface area contributed by atoms with Crippen molar-refractivity contribution < 1.29 is 9.84 Å². The van der Waals surface area contributed by atoms with E-state index in [2.05, 4.69) is 15.0 Å². The van der Waals surface area contributed by atoms with Crippen molar-refractivity contribution in [1.29, 1.82) is 0 Å². The van der Waals surface area contributed by atoms with Crippen LogP contribution in [-0.2, 0) is 4.74 Å². The van der Waals surface area contributed by atoms with E-state index in [4.69, 9.17) is 16.3 Å². The van der Waals surface area contributed by atoms with E-state index in [9.17, 15) is 5.11 Å². The molecule has 0 bridgehead atoms. The Morgan fingerprint density at radius 2 is 2.00 bits per heavy atom. The minimum atomic E-state index is -0.235. The number of hydrogen-bond acceptors (Lipinski definition) is 7. The third-order valence-electron chi connectivity index (χ3n) is 3.44. The third-order valence-corrected chi connectivity index (χ3v) is 3.61. The van der Waals surface area contributed by atoms with Gasteiger partial charge >= 0.3 is 0 Å². The average molecular weight is 316 g/mol. The van der Waals surface area contributed by atoms with Gasteiger partial charge in [-0.2, -0.15) is 15.0 Å². The van der Waals surface area contributed by atoms with Gasteiger partial charge in [0.25, 0.3) is 0 Å². The van der Waals surface area contributed by atoms with Gasteiger partial charge in [0.2, 0.25) is 17.2 Å². The number of aromatic nitrogens is 3. The Morgan fingerprint density at radius 3 is 2.62 bits per heavy atom. The monoisotopic (exact) mass is 315 g/mol. The lowest BCUT2D eigenvalue weighted by atomic mass is 10.2. The van der Waals surface area contributed by atoms with Crippen molar-refractivity contribution in [1.82, 2.24) is 15.0 Å². The van der Waals surface area contributed by atoms with Crippen molar-refractivity contribution in [3.05, 3.63) is 5.28 Å². The van der Waals surface area contributed by atoms with Crippen molar-refractivity contribution in [2.24, 2.45) is 0 Å². The maximum Gasteiger partial charge on any atom is 0.231 e. The van der Waals surface area contributed by atoms with Gasteiger partial charge in [0.05, 0.1) is 18.8 Å². The van der Waals surface area contributed by atoms with Crippen LogP contribution in [0.4, 0.5) is 11.9 Å². The molecule has 21 heavy (non-hydrogen) atoms. The van der Waals surface area contributed by atoms with Crippen LogP contribution in [0.15, 0.2) is 0 Å². The Balaban J connectivity index is 2.26. The lowest BCUT2D eigenvalue weighted by Gasteiger charge is -2.36. The van der Waals surface area contributed by atoms with Gasteiger partial charge in [-0.1, -0.05) is 0 Å². The Kier molecular flexibility index (Phi) is 5.55. The number of morpholine rings is 1. The van der Waals surface area contributed by atoms with Crippen molar-refractivity contribution in [2.45, 2.75) is 33.0 Å². The molecule has 118 valence electrons. The van der Waals surface area contributed by atoms with Gasteiger partial charge < -0.3 is 19.6 Å². The number of anilines is 2. The summed E-state index contributed by atoms with van der Waals surface area (Å²) in [7, 11) is 0. The number of halogens is 1. The van der Waals surface area contributed by atoms with Crippen molar-refractivity contribution in [3.63, 3.8) is 0 Å². The number of ether oxygens (including phenoxy) is 1. The summed E-state index contributed by atoms with van der Waals surface area (Å²) in [6.45, 7) is 8.82. The molecule has 1 N–H and O–H groups in total. The number of aliphatic hydroxyl groups is 1. The van der Waals surface area contributed by atoms with E-state index in [-0.39, 0.29) is 24.1 Å². The predicted octanol–water partition coefficient (Wildman–Crippen LogP) is 0.957. The smallest absolute Gasteiger partial charge is 0.231 e. The first-order chi connectivity index (χ1) is 10.1. The van der Waals surface area contributed by atoms with Crippen LogP contribution >= 0.6 is 11.6 Å². The second-order valence-corrected chi connectivity index (χ2v) is 5.37. The molecule has 2 atom stereocenters. The molecule has 1 aliphatic rings. The summed E-state index contributed by atoms with van der Waals surface area (Å²) >= 11 is 6.04. The highest BCUT2D eigenvalue weighted by molar-refractivity contribution is 6.28. The zero-order chi connectivity index (χ0) is 15.4. The van der Waals surface area contributed by atoms with Crippen LogP contribution in [-0.4, -0.2) is 65.1 Å². The molecule has 0 aromatic carbocycles. The quantitative estimate of drug-likeness (QED) is 0.867. The molecular formula is C13H22ClN5O2. The SMILES string of the molecule is CCN(CC)c1nc(Cl)nc(N2CC(C)OC(CO)C2)n1. The van der Waals surface area contributed by atoms with E-state index in [0.717, 1.165) is 13.1 Å². The Bertz CT molecular complexity index is 472. The Morgan fingerprint density at radius 1 is 1.29 bits per heavy atom. The van der Waals surface area contributed by atoms with E-state index in [1.165, 1.54) is 0 Å². The molecule has 0 spiro atoms. The topological polar surface area (TPSA) is 74.6 Å². The lowest BCUT2D eigenvalue weighted by Crippen LogP contribution is -2.48. The highest BCUT2D eigenvalue weighted by atomic mass is 35.5. The van der Waals surface area contributed by atoms with Gasteiger partial charge in [-0.25, -0.2) is 0 Å². The van der Waals surface area contributed by atoms with Gasteiger partial charge in [-0.05, 0) is 32.4 Å². The van der Waals surface area contributed by atoms with Crippen molar-refractivity contribution in [2.75, 3.05) is 42.6 Å². The summed E-state index contributed by atoms with van der Waals surface area (Å²) in [5.74, 6) is 1.11. The second kappa shape index (κ2) is 7.20. The number of aliphatic hydroxyl groups excluding tert-OH is 1. The predicted molar refractivity (Wildman–Crippen MR) is 82.0 cm³/mol. The highest BCUT2D eigenvalue weighted by Gasteiger charge is 2.27. The van der Waals surface area contributed by atoms with Gasteiger partial charge in [-0.15, -0.1) is 0 Å². The van der Waals surface area contributed by atoms with Crippen molar-refractivity contribution >= 4 is 23.5 Å². The third kappa shape index (κ3) is 3.93. The molecule has 1 saturated heterocycles. The van der Waals surface area contributed by atoms with Crippen LogP contribution in [0.2, 0.25) is 5.28 Å². The normalized spacial score (nSPS) is 22.4. The molecule has 0 saturated carbocycles. The molecule has 2 heterocycles. The second-order valence-electron chi connectivity index (χ2n) is 5.03. The molecule has 2 unspecified atom stereocenters. The van der Waals surface area contributed by atoms with Gasteiger partial charge in [0.15, 0.2) is 0 Å². The molecule has 0 radical (unpaired) electrons. The van der Waals surface area contributed by atoms with Gasteiger partial charge in [0, 0.05) is 26.2 Å². The van der Waals surface area contributed by atoms with Gasteiger partial charge in [-0.3, -0.25) is 0 Å². The zero-order valence-electron chi connectivity index (χ0n) is 12.7. The minimum absolute atomic E-state index is 0.00310. The molecule has 0 aliphatic carbocycles. The first-order valence-corrected chi connectivity index (χ1v) is 7.62. The van der Waals surface area contributed by atoms with E-state index in [1.54, 1.807) is 0 Å². The van der Waals surface area contributed by atoms with E-state index in [1.807, 2.05) is 30.6 Å². The van der Waals surface area contributed by atoms with E-state index in [0.29, 0.717) is 25.0 Å². The van der Waals surface area contributed by atoms with Crippen LogP contribution in [0.5, 0.6) is 0 Å². The fourth-order valence-electron chi connectivity index (χ4n) is 2.43. The maximum atomic E-state index is 9.31. The van der Waals surface area contributed by atoms with E-state index >= 15 is 0 Å². The van der Waals surface area contributed by atoms with Crippen LogP contribution in [0.1, 0.15) is 20.8 Å². The first kappa shape index (κ1) is 16.2. The fraction of sp³-hybridized carbons (Fsp3) is 0.769. The highest BCUT2D eigenvalue weighted by Crippen LogP contribution is 2.20. The summed E-state index contributed by atoms with van der Waals surface area (Å²) in [5.41, 5.74) is 0. The zero-order valence-corrected chi connectivity index (χ0v) is 13.4. The standard InChI is InChI=1S/C13H22ClN5O2/c1-4-18(5-2)12-15-11(14)16-13(17-12)19-6-9(3)21-10(7-19)8-20/h9-10,20H,4-8H2,1-3H3. The van der Waals surface area contributed by atoms with Crippen LogP contribution in [0.3, 0.4) is 0 Å². The Hall–Kier alpha value is -1.18. The maximum absolute atomic E-state index is 9.31. The summed E-state index contributed by atoms with van der Waals surface area (Å²) in [6.07, 6.45) is -0.232. The molecule has 0 amide bonds. The largest absolute Gasteiger partial charge is 0.394 e. The lowest BCUT2D eigenvalue weighted by molar-refractivity contribution is -0.0425. The number of rotatable bonds is 5.